The van der Waals surface area contributed by atoms with Crippen molar-refractivity contribution in [3.05, 3.63) is 30.1 Å². The molecule has 2 unspecified atom stereocenters. The summed E-state index contributed by atoms with van der Waals surface area (Å²) in [6.07, 6.45) is 2.46. The Morgan fingerprint density at radius 1 is 1.23 bits per heavy atom. The zero-order chi connectivity index (χ0) is 21.3. The number of aromatic nitrogens is 3. The lowest BCUT2D eigenvalue weighted by molar-refractivity contribution is -0.137. The first kappa shape index (κ1) is 21.1. The van der Waals surface area contributed by atoms with Gasteiger partial charge in [0, 0.05) is 51.2 Å². The molecule has 0 radical (unpaired) electrons. The highest BCUT2D eigenvalue weighted by Crippen LogP contribution is 2.44. The normalized spacial score (nSPS) is 23.1. The Morgan fingerprint density at radius 2 is 1.97 bits per heavy atom. The highest BCUT2D eigenvalue weighted by atomic mass is 19.4. The van der Waals surface area contributed by atoms with Crippen molar-refractivity contribution in [1.82, 2.24) is 19.7 Å². The van der Waals surface area contributed by atoms with Gasteiger partial charge >= 0.3 is 6.18 Å². The molecule has 0 bridgehead atoms. The molecule has 2 atom stereocenters. The molecule has 2 aliphatic carbocycles. The highest BCUT2D eigenvalue weighted by molar-refractivity contribution is 5.61. The van der Waals surface area contributed by atoms with Crippen molar-refractivity contribution in [3.8, 4) is 11.3 Å². The molecule has 0 amide bonds. The molecule has 30 heavy (non-hydrogen) atoms. The number of rotatable bonds is 6. The zero-order valence-corrected chi connectivity index (χ0v) is 17.1. The number of methoxy groups -OCH3 is 1. The molecule has 0 aromatic carbocycles. The number of nitrogens with two attached hydrogens (primary N) is 1. The minimum atomic E-state index is -4.51. The first-order valence-corrected chi connectivity index (χ1v) is 10.4. The maximum Gasteiger partial charge on any atom is 0.419 e. The maximum absolute atomic E-state index is 12.8. The van der Waals surface area contributed by atoms with Crippen LogP contribution in [0.1, 0.15) is 24.8 Å². The molecule has 1 saturated heterocycles. The fourth-order valence-corrected chi connectivity index (χ4v) is 3.92. The number of fused-ring (bicyclic) bond motifs is 1. The number of nitrogens with zero attached hydrogens (tertiary/aromatic N) is 4. The maximum atomic E-state index is 12.8. The van der Waals surface area contributed by atoms with Crippen molar-refractivity contribution >= 4 is 5.82 Å². The number of hydrogen-bond donors (Lipinski definition) is 1. The van der Waals surface area contributed by atoms with Gasteiger partial charge in [0.15, 0.2) is 0 Å². The van der Waals surface area contributed by atoms with Crippen molar-refractivity contribution in [3.63, 3.8) is 0 Å². The van der Waals surface area contributed by atoms with Crippen molar-refractivity contribution < 1.29 is 17.9 Å². The predicted molar refractivity (Wildman–Crippen MR) is 108 cm³/mol. The van der Waals surface area contributed by atoms with E-state index in [9.17, 15) is 13.2 Å². The summed E-state index contributed by atoms with van der Waals surface area (Å²) in [6.45, 7) is 5.54. The molecule has 2 saturated carbocycles. The average Bonchev–Trinajstić information content (AvgIpc) is 3.57. The fraction of sp³-hybridized carbons (Fsp3) is 0.619. The smallest absolute Gasteiger partial charge is 0.383 e. The van der Waals surface area contributed by atoms with Crippen LogP contribution in [-0.4, -0.2) is 53.0 Å². The van der Waals surface area contributed by atoms with E-state index in [-0.39, 0.29) is 0 Å². The van der Waals surface area contributed by atoms with Crippen LogP contribution in [0.4, 0.5) is 19.0 Å². The van der Waals surface area contributed by atoms with E-state index in [0.717, 1.165) is 37.6 Å². The third-order valence-electron chi connectivity index (χ3n) is 5.97. The lowest BCUT2D eigenvalue weighted by Crippen LogP contribution is -2.26. The van der Waals surface area contributed by atoms with E-state index in [2.05, 4.69) is 15.0 Å². The highest BCUT2D eigenvalue weighted by Gasteiger charge is 2.44. The number of hydrogen-bond acceptors (Lipinski definition) is 5. The summed E-state index contributed by atoms with van der Waals surface area (Å²) in [4.78, 5) is 6.13. The predicted octanol–water partition coefficient (Wildman–Crippen LogP) is 3.54. The van der Waals surface area contributed by atoms with Crippen LogP contribution >= 0.6 is 0 Å². The van der Waals surface area contributed by atoms with Crippen LogP contribution in [-0.2, 0) is 17.5 Å². The van der Waals surface area contributed by atoms with Crippen LogP contribution in [0.2, 0.25) is 0 Å². The number of pyridine rings is 1. The van der Waals surface area contributed by atoms with Gasteiger partial charge in [-0.15, -0.1) is 0 Å². The number of nitrogen functional groups attached to an aromatic ring is 1. The molecule has 5 rings (SSSR count). The van der Waals surface area contributed by atoms with Gasteiger partial charge in [0.25, 0.3) is 0 Å². The molecule has 3 aliphatic rings. The van der Waals surface area contributed by atoms with Gasteiger partial charge < -0.3 is 15.4 Å². The summed E-state index contributed by atoms with van der Waals surface area (Å²) >= 11 is 0. The minimum absolute atomic E-state index is 0.320. The zero-order valence-electron chi connectivity index (χ0n) is 17.1. The van der Waals surface area contributed by atoms with Crippen LogP contribution in [0.5, 0.6) is 0 Å². The van der Waals surface area contributed by atoms with Gasteiger partial charge in [-0.25, -0.2) is 4.98 Å². The van der Waals surface area contributed by atoms with E-state index < -0.39 is 17.6 Å². The number of ether oxygens (including phenoxy) is 1. The van der Waals surface area contributed by atoms with Gasteiger partial charge in [-0.2, -0.15) is 18.3 Å². The van der Waals surface area contributed by atoms with Crippen molar-refractivity contribution in [2.45, 2.75) is 32.0 Å². The first-order valence-electron chi connectivity index (χ1n) is 10.4. The van der Waals surface area contributed by atoms with E-state index in [4.69, 9.17) is 10.5 Å². The molecule has 3 fully saturated rings. The molecule has 3 heterocycles. The van der Waals surface area contributed by atoms with E-state index in [1.54, 1.807) is 24.1 Å². The number of halogens is 3. The molecule has 2 aromatic heterocycles. The summed E-state index contributed by atoms with van der Waals surface area (Å²) in [5.74, 6) is 2.27. The van der Waals surface area contributed by atoms with Crippen LogP contribution in [0.3, 0.4) is 0 Å². The van der Waals surface area contributed by atoms with Gasteiger partial charge in [-0.1, -0.05) is 0 Å². The van der Waals surface area contributed by atoms with E-state index in [1.165, 1.54) is 38.5 Å². The van der Waals surface area contributed by atoms with Crippen LogP contribution in [0, 0.1) is 17.8 Å². The Bertz CT molecular complexity index is 855. The number of likely N-dealkylation sites (tertiary alicyclic amines) is 1. The average molecular weight is 423 g/mol. The Hall–Kier alpha value is -2.13. The molecular weight excluding hydrogens is 395 g/mol. The first-order chi connectivity index (χ1) is 14.3. The number of anilines is 1. The summed E-state index contributed by atoms with van der Waals surface area (Å²) in [5.41, 5.74) is 5.15. The lowest BCUT2D eigenvalue weighted by atomic mass is 10.1. The summed E-state index contributed by atoms with van der Waals surface area (Å²) in [7, 11) is 1.77. The van der Waals surface area contributed by atoms with Gasteiger partial charge in [-0.3, -0.25) is 4.68 Å². The monoisotopic (exact) mass is 423 g/mol. The minimum Gasteiger partial charge on any atom is -0.383 e. The Balaban J connectivity index is 0.000000181. The van der Waals surface area contributed by atoms with Crippen molar-refractivity contribution in [2.75, 3.05) is 39.1 Å². The SMILES string of the molecule is COCCN1CC2CC2C1.Nc1ncc(-c2ccn(CC3CC3)n2)cc1C(F)(F)F. The second-order valence-electron chi connectivity index (χ2n) is 8.53. The van der Waals surface area contributed by atoms with Crippen LogP contribution in [0.15, 0.2) is 24.5 Å². The molecule has 2 N–H and O–H groups in total. The molecule has 6 nitrogen and oxygen atoms in total. The lowest BCUT2D eigenvalue weighted by Gasteiger charge is -2.15. The summed E-state index contributed by atoms with van der Waals surface area (Å²) in [6, 6.07) is 2.68. The van der Waals surface area contributed by atoms with Gasteiger partial charge in [0.2, 0.25) is 0 Å². The van der Waals surface area contributed by atoms with Crippen molar-refractivity contribution in [1.29, 1.82) is 0 Å². The second kappa shape index (κ2) is 8.55. The van der Waals surface area contributed by atoms with Gasteiger partial charge in [-0.05, 0) is 49.1 Å². The third-order valence-corrected chi connectivity index (χ3v) is 5.97. The molecule has 0 spiro atoms. The van der Waals surface area contributed by atoms with Crippen LogP contribution < -0.4 is 5.73 Å². The molecule has 2 aromatic rings. The largest absolute Gasteiger partial charge is 0.419 e. The topological polar surface area (TPSA) is 69.2 Å². The van der Waals surface area contributed by atoms with Crippen LogP contribution in [0.25, 0.3) is 11.3 Å². The van der Waals surface area contributed by atoms with E-state index >= 15 is 0 Å². The van der Waals surface area contributed by atoms with Gasteiger partial charge in [0.1, 0.15) is 5.82 Å². The van der Waals surface area contributed by atoms with Crippen molar-refractivity contribution in [2.24, 2.45) is 17.8 Å². The number of piperidine rings is 1. The number of alkyl halides is 3. The van der Waals surface area contributed by atoms with E-state index in [1.807, 2.05) is 0 Å². The Kier molecular flexibility index (Phi) is 6.02. The molecule has 164 valence electrons. The Labute approximate surface area is 174 Å². The fourth-order valence-electron chi connectivity index (χ4n) is 3.92. The second-order valence-corrected chi connectivity index (χ2v) is 8.53. The molecule has 1 aliphatic heterocycles. The van der Waals surface area contributed by atoms with E-state index in [0.29, 0.717) is 17.2 Å². The Morgan fingerprint density at radius 3 is 2.60 bits per heavy atom. The standard InChI is InChI=1S/C13H13F3N4.C8H15NO/c14-13(15,16)10-5-9(6-18-12(10)17)11-3-4-20(19-11)7-8-1-2-8;1-10-3-2-9-5-7-4-8(7)6-9/h3-6,8H,1-2,7H2,(H2,17,18);7-8H,2-6H2,1H3. The third kappa shape index (κ3) is 5.31. The quantitative estimate of drug-likeness (QED) is 0.770. The summed E-state index contributed by atoms with van der Waals surface area (Å²) < 4.78 is 45.1. The summed E-state index contributed by atoms with van der Waals surface area (Å²) in [5, 5.41) is 4.28. The molecule has 9 heteroatoms. The van der Waals surface area contributed by atoms with Gasteiger partial charge in [0.05, 0.1) is 17.9 Å². The molecular formula is C21H28F3N5O.